The van der Waals surface area contributed by atoms with E-state index in [9.17, 15) is 4.79 Å². The number of hydrogen-bond acceptors (Lipinski definition) is 7. The second kappa shape index (κ2) is 10.4. The number of aromatic nitrogens is 4. The zero-order valence-corrected chi connectivity index (χ0v) is 21.2. The van der Waals surface area contributed by atoms with Crippen LogP contribution in [0.15, 0.2) is 89.5 Å². The van der Waals surface area contributed by atoms with Crippen LogP contribution in [-0.4, -0.2) is 32.8 Å². The van der Waals surface area contributed by atoms with Crippen molar-refractivity contribution in [2.24, 2.45) is 0 Å². The lowest BCUT2D eigenvalue weighted by Crippen LogP contribution is -2.31. The van der Waals surface area contributed by atoms with Crippen LogP contribution in [0.4, 0.5) is 11.6 Å². The van der Waals surface area contributed by atoms with Crippen molar-refractivity contribution >= 4 is 40.9 Å². The van der Waals surface area contributed by atoms with Gasteiger partial charge in [-0.2, -0.15) is 4.98 Å². The SMILES string of the molecule is COc1ccc([C@@H]2C(C(=O)Nc3cccnc3)=C(C)Nc3nc(SCc4ccccc4Cl)nn32)cc1. The number of halogens is 1. The highest BCUT2D eigenvalue weighted by atomic mass is 35.5. The van der Waals surface area contributed by atoms with Gasteiger partial charge in [0.15, 0.2) is 0 Å². The highest BCUT2D eigenvalue weighted by molar-refractivity contribution is 7.98. The largest absolute Gasteiger partial charge is 0.497 e. The number of rotatable bonds is 7. The quantitative estimate of drug-likeness (QED) is 0.309. The summed E-state index contributed by atoms with van der Waals surface area (Å²) < 4.78 is 7.08. The zero-order valence-electron chi connectivity index (χ0n) is 19.6. The molecule has 2 aromatic carbocycles. The van der Waals surface area contributed by atoms with Gasteiger partial charge >= 0.3 is 0 Å². The molecule has 4 aromatic rings. The minimum atomic E-state index is -0.494. The number of carbonyl (C=O) groups excluding carboxylic acids is 1. The van der Waals surface area contributed by atoms with Gasteiger partial charge in [-0.25, -0.2) is 4.68 Å². The van der Waals surface area contributed by atoms with E-state index in [2.05, 4.69) is 15.6 Å². The van der Waals surface area contributed by atoms with Crippen molar-refractivity contribution < 1.29 is 9.53 Å². The highest BCUT2D eigenvalue weighted by Gasteiger charge is 2.34. The first-order chi connectivity index (χ1) is 17.5. The van der Waals surface area contributed by atoms with Crippen molar-refractivity contribution in [1.82, 2.24) is 19.7 Å². The molecule has 2 aromatic heterocycles. The standard InChI is InChI=1S/C26H23ClN6O2S/c1-16-22(24(34)30-19-7-5-13-28-14-19)23(17-9-11-20(35-2)12-10-17)33-25(29-16)31-26(32-33)36-15-18-6-3-4-8-21(18)27/h3-14,23H,15H2,1-2H3,(H,30,34)(H,29,31,32)/t23-/m1/s1. The summed E-state index contributed by atoms with van der Waals surface area (Å²) in [5.41, 5.74) is 3.71. The zero-order chi connectivity index (χ0) is 25.1. The van der Waals surface area contributed by atoms with E-state index in [1.54, 1.807) is 36.3 Å². The molecule has 1 atom stereocenters. The topological polar surface area (TPSA) is 94.0 Å². The molecule has 2 N–H and O–H groups in total. The molecule has 1 amide bonds. The van der Waals surface area contributed by atoms with Crippen molar-refractivity contribution in [3.05, 3.63) is 100 Å². The number of amides is 1. The van der Waals surface area contributed by atoms with Crippen molar-refractivity contribution in [3.8, 4) is 5.75 Å². The third-order valence-electron chi connectivity index (χ3n) is 5.74. The van der Waals surface area contributed by atoms with Crippen molar-refractivity contribution in [3.63, 3.8) is 0 Å². The van der Waals surface area contributed by atoms with Gasteiger partial charge in [-0.3, -0.25) is 9.78 Å². The van der Waals surface area contributed by atoms with Gasteiger partial charge in [0.05, 0.1) is 24.6 Å². The van der Waals surface area contributed by atoms with Gasteiger partial charge in [0.1, 0.15) is 11.8 Å². The second-order valence-electron chi connectivity index (χ2n) is 8.08. The van der Waals surface area contributed by atoms with Crippen LogP contribution in [0.3, 0.4) is 0 Å². The first-order valence-electron chi connectivity index (χ1n) is 11.2. The van der Waals surface area contributed by atoms with E-state index in [4.69, 9.17) is 26.4 Å². The molecular formula is C26H23ClN6O2S. The molecule has 1 aliphatic rings. The lowest BCUT2D eigenvalue weighted by Gasteiger charge is -2.28. The fourth-order valence-electron chi connectivity index (χ4n) is 3.97. The second-order valence-corrected chi connectivity index (χ2v) is 9.43. The van der Waals surface area contributed by atoms with Gasteiger partial charge in [0.25, 0.3) is 5.91 Å². The summed E-state index contributed by atoms with van der Waals surface area (Å²) >= 11 is 7.80. The Morgan fingerprint density at radius 1 is 1.17 bits per heavy atom. The number of carbonyl (C=O) groups is 1. The number of pyridine rings is 1. The van der Waals surface area contributed by atoms with E-state index in [1.807, 2.05) is 55.5 Å². The van der Waals surface area contributed by atoms with Crippen molar-refractivity contribution in [2.75, 3.05) is 17.7 Å². The number of hydrogen-bond donors (Lipinski definition) is 2. The molecule has 0 radical (unpaired) electrons. The van der Waals surface area contributed by atoms with Crippen LogP contribution in [0.2, 0.25) is 5.02 Å². The lowest BCUT2D eigenvalue weighted by atomic mass is 9.95. The molecular weight excluding hydrogens is 496 g/mol. The Morgan fingerprint density at radius 2 is 1.97 bits per heavy atom. The fourth-order valence-corrected chi connectivity index (χ4v) is 5.09. The lowest BCUT2D eigenvalue weighted by molar-refractivity contribution is -0.113. The van der Waals surface area contributed by atoms with Crippen LogP contribution in [0.5, 0.6) is 5.75 Å². The Bertz CT molecular complexity index is 1420. The van der Waals surface area contributed by atoms with Crippen LogP contribution < -0.4 is 15.4 Å². The number of allylic oxidation sites excluding steroid dienone is 1. The molecule has 0 saturated heterocycles. The van der Waals surface area contributed by atoms with Crippen molar-refractivity contribution in [2.45, 2.75) is 23.9 Å². The normalized spacial score (nSPS) is 14.7. The van der Waals surface area contributed by atoms with Gasteiger partial charge in [-0.1, -0.05) is 53.7 Å². The molecule has 0 aliphatic carbocycles. The smallest absolute Gasteiger partial charge is 0.255 e. The minimum absolute atomic E-state index is 0.250. The number of nitrogens with zero attached hydrogens (tertiary/aromatic N) is 4. The Hall–Kier alpha value is -3.82. The minimum Gasteiger partial charge on any atom is -0.497 e. The molecule has 36 heavy (non-hydrogen) atoms. The number of fused-ring (bicyclic) bond motifs is 1. The Kier molecular flexibility index (Phi) is 6.92. The van der Waals surface area contributed by atoms with E-state index in [0.29, 0.717) is 38.8 Å². The van der Waals surface area contributed by atoms with Gasteiger partial charge in [-0.15, -0.1) is 5.10 Å². The molecule has 0 spiro atoms. The highest BCUT2D eigenvalue weighted by Crippen LogP contribution is 2.37. The summed E-state index contributed by atoms with van der Waals surface area (Å²) in [6.07, 6.45) is 3.27. The Balaban J connectivity index is 1.49. The van der Waals surface area contributed by atoms with Crippen molar-refractivity contribution in [1.29, 1.82) is 0 Å². The summed E-state index contributed by atoms with van der Waals surface area (Å²) in [5, 5.41) is 12.3. The van der Waals surface area contributed by atoms with Gasteiger partial charge < -0.3 is 15.4 Å². The summed E-state index contributed by atoms with van der Waals surface area (Å²) in [7, 11) is 1.62. The Labute approximate surface area is 217 Å². The van der Waals surface area contributed by atoms with Gasteiger partial charge in [0.2, 0.25) is 11.1 Å². The monoisotopic (exact) mass is 518 g/mol. The average molecular weight is 519 g/mol. The summed E-state index contributed by atoms with van der Waals surface area (Å²) in [5.74, 6) is 1.66. The number of ether oxygens (including phenoxy) is 1. The number of anilines is 2. The fraction of sp³-hybridized carbons (Fsp3) is 0.154. The van der Waals surface area contributed by atoms with E-state index in [1.165, 1.54) is 11.8 Å². The molecule has 0 bridgehead atoms. The maximum atomic E-state index is 13.5. The number of thioether (sulfide) groups is 1. The van der Waals surface area contributed by atoms with E-state index in [-0.39, 0.29) is 5.91 Å². The van der Waals surface area contributed by atoms with Crippen LogP contribution >= 0.6 is 23.4 Å². The number of benzene rings is 2. The predicted molar refractivity (Wildman–Crippen MR) is 141 cm³/mol. The van der Waals surface area contributed by atoms with Crippen LogP contribution in [0.1, 0.15) is 24.1 Å². The summed E-state index contributed by atoms with van der Waals surface area (Å²) in [4.78, 5) is 22.3. The van der Waals surface area contributed by atoms with Crippen LogP contribution in [0.25, 0.3) is 0 Å². The molecule has 3 heterocycles. The van der Waals surface area contributed by atoms with Gasteiger partial charge in [0, 0.05) is 22.7 Å². The molecule has 5 rings (SSSR count). The Morgan fingerprint density at radius 3 is 2.69 bits per heavy atom. The molecule has 1 aliphatic heterocycles. The maximum Gasteiger partial charge on any atom is 0.255 e. The van der Waals surface area contributed by atoms with E-state index >= 15 is 0 Å². The van der Waals surface area contributed by atoms with Gasteiger partial charge in [-0.05, 0) is 48.4 Å². The maximum absolute atomic E-state index is 13.5. The molecule has 8 nitrogen and oxygen atoms in total. The summed E-state index contributed by atoms with van der Waals surface area (Å²) in [6, 6.07) is 18.4. The van der Waals surface area contributed by atoms with Crippen LogP contribution in [0, 0.1) is 0 Å². The van der Waals surface area contributed by atoms with E-state index < -0.39 is 6.04 Å². The first-order valence-corrected chi connectivity index (χ1v) is 12.6. The first kappa shape index (κ1) is 23.9. The number of methoxy groups -OCH3 is 1. The molecule has 0 saturated carbocycles. The molecule has 10 heteroatoms. The summed E-state index contributed by atoms with van der Waals surface area (Å²) in [6.45, 7) is 1.86. The molecule has 0 unspecified atom stereocenters. The van der Waals surface area contributed by atoms with Crippen LogP contribution in [-0.2, 0) is 10.5 Å². The number of nitrogens with one attached hydrogen (secondary N) is 2. The third-order valence-corrected chi connectivity index (χ3v) is 7.00. The predicted octanol–water partition coefficient (Wildman–Crippen LogP) is 5.56. The van der Waals surface area contributed by atoms with E-state index in [0.717, 1.165) is 16.9 Å². The molecule has 182 valence electrons. The average Bonchev–Trinajstić information content (AvgIpc) is 3.30. The third kappa shape index (κ3) is 4.93. The molecule has 0 fully saturated rings.